The van der Waals surface area contributed by atoms with Crippen LogP contribution in [0, 0.1) is 0 Å². The molecule has 0 aliphatic heterocycles. The van der Waals surface area contributed by atoms with Crippen LogP contribution in [0.15, 0.2) is 34.8 Å². The molecule has 0 unspecified atom stereocenters. The first-order chi connectivity index (χ1) is 7.72. The Morgan fingerprint density at radius 2 is 2.12 bits per heavy atom. The maximum Gasteiger partial charge on any atom is 0.133 e. The molecule has 2 nitrogen and oxygen atoms in total. The molecule has 0 N–H and O–H groups in total. The van der Waals surface area contributed by atoms with Gasteiger partial charge in [0, 0.05) is 4.47 Å². The van der Waals surface area contributed by atoms with Crippen LogP contribution in [0.2, 0.25) is 5.15 Å². The van der Waals surface area contributed by atoms with E-state index in [-0.39, 0.29) is 0 Å². The van der Waals surface area contributed by atoms with E-state index in [1.165, 1.54) is 0 Å². The van der Waals surface area contributed by atoms with E-state index < -0.39 is 0 Å². The second kappa shape index (κ2) is 5.02. The number of halogens is 2. The van der Waals surface area contributed by atoms with Crippen molar-refractivity contribution < 1.29 is 0 Å². The van der Waals surface area contributed by atoms with E-state index >= 15 is 0 Å². The summed E-state index contributed by atoms with van der Waals surface area (Å²) in [5.41, 5.74) is 2.00. The van der Waals surface area contributed by atoms with E-state index in [2.05, 4.69) is 28.0 Å². The molecule has 0 bridgehead atoms. The second-order valence-electron chi connectivity index (χ2n) is 3.57. The lowest BCUT2D eigenvalue weighted by Crippen LogP contribution is -1.98. The van der Waals surface area contributed by atoms with Crippen molar-refractivity contribution in [2.45, 2.75) is 19.8 Å². The zero-order chi connectivity index (χ0) is 11.5. The van der Waals surface area contributed by atoms with Crippen molar-refractivity contribution in [3.63, 3.8) is 0 Å². The Bertz CT molecular complexity index is 494. The minimum Gasteiger partial charge on any atom is -0.221 e. The zero-order valence-electron chi connectivity index (χ0n) is 8.95. The minimum atomic E-state index is 0.648. The van der Waals surface area contributed by atoms with Crippen LogP contribution in [0.3, 0.4) is 0 Å². The first-order valence-corrected chi connectivity index (χ1v) is 6.39. The number of hydrogen-bond donors (Lipinski definition) is 0. The number of aromatic nitrogens is 2. The predicted molar refractivity (Wildman–Crippen MR) is 70.3 cm³/mol. The Morgan fingerprint density at radius 3 is 2.81 bits per heavy atom. The molecule has 2 rings (SSSR count). The quantitative estimate of drug-likeness (QED) is 0.829. The summed E-state index contributed by atoms with van der Waals surface area (Å²) in [5.74, 6) is 0. The van der Waals surface area contributed by atoms with E-state index in [1.54, 1.807) is 4.68 Å². The van der Waals surface area contributed by atoms with Crippen molar-refractivity contribution in [3.05, 3.63) is 45.7 Å². The lowest BCUT2D eigenvalue weighted by Gasteiger charge is -2.04. The Kier molecular flexibility index (Phi) is 3.66. The van der Waals surface area contributed by atoms with E-state index in [1.807, 2.05) is 30.3 Å². The summed E-state index contributed by atoms with van der Waals surface area (Å²) >= 11 is 9.66. The number of aryl methyl sites for hydroxylation is 1. The van der Waals surface area contributed by atoms with Gasteiger partial charge in [-0.2, -0.15) is 5.10 Å². The summed E-state index contributed by atoms with van der Waals surface area (Å²) in [6.45, 7) is 2.13. The van der Waals surface area contributed by atoms with Crippen LogP contribution in [-0.4, -0.2) is 9.78 Å². The molecule has 4 heteroatoms. The molecule has 0 fully saturated rings. The van der Waals surface area contributed by atoms with Gasteiger partial charge in [-0.25, -0.2) is 4.68 Å². The summed E-state index contributed by atoms with van der Waals surface area (Å²) in [6.07, 6.45) is 2.03. The Balaban J connectivity index is 2.44. The Hall–Kier alpha value is -0.800. The van der Waals surface area contributed by atoms with Gasteiger partial charge in [-0.3, -0.25) is 0 Å². The highest BCUT2D eigenvalue weighted by Gasteiger charge is 2.09. The largest absolute Gasteiger partial charge is 0.221 e. The van der Waals surface area contributed by atoms with E-state index in [9.17, 15) is 0 Å². The summed E-state index contributed by atoms with van der Waals surface area (Å²) in [7, 11) is 0. The van der Waals surface area contributed by atoms with Crippen molar-refractivity contribution in [2.24, 2.45) is 0 Å². The maximum atomic E-state index is 6.17. The van der Waals surface area contributed by atoms with Crippen molar-refractivity contribution in [2.75, 3.05) is 0 Å². The average molecular weight is 300 g/mol. The topological polar surface area (TPSA) is 17.8 Å². The number of rotatable bonds is 3. The number of benzene rings is 1. The smallest absolute Gasteiger partial charge is 0.133 e. The van der Waals surface area contributed by atoms with Crippen molar-refractivity contribution in [3.8, 4) is 5.69 Å². The molecule has 1 aromatic heterocycles. The molecule has 1 heterocycles. The van der Waals surface area contributed by atoms with E-state index in [0.29, 0.717) is 5.15 Å². The maximum absolute atomic E-state index is 6.17. The van der Waals surface area contributed by atoms with Crippen LogP contribution in [0.25, 0.3) is 5.69 Å². The minimum absolute atomic E-state index is 0.648. The first-order valence-electron chi connectivity index (χ1n) is 5.21. The summed E-state index contributed by atoms with van der Waals surface area (Å²) in [6, 6.07) is 9.82. The lowest BCUT2D eigenvalue weighted by atomic mass is 10.3. The van der Waals surface area contributed by atoms with Gasteiger partial charge in [0.05, 0.1) is 11.4 Å². The molecule has 84 valence electrons. The SMILES string of the molecule is CCCc1cc(Cl)n(-c2ccccc2Br)n1. The standard InChI is InChI=1S/C12H12BrClN2/c1-2-5-9-8-12(14)16(15-9)11-7-4-3-6-10(11)13/h3-4,6-8H,2,5H2,1H3. The average Bonchev–Trinajstić information content (AvgIpc) is 2.61. The van der Waals surface area contributed by atoms with Gasteiger partial charge in [0.15, 0.2) is 0 Å². The molecule has 16 heavy (non-hydrogen) atoms. The van der Waals surface area contributed by atoms with Gasteiger partial charge in [0.1, 0.15) is 5.15 Å². The Morgan fingerprint density at radius 1 is 1.38 bits per heavy atom. The fourth-order valence-corrected chi connectivity index (χ4v) is 2.28. The van der Waals surface area contributed by atoms with Crippen molar-refractivity contribution in [1.29, 1.82) is 0 Å². The Labute approximate surface area is 108 Å². The van der Waals surface area contributed by atoms with Gasteiger partial charge in [0.2, 0.25) is 0 Å². The molecule has 0 saturated heterocycles. The molecule has 0 saturated carbocycles. The highest BCUT2D eigenvalue weighted by atomic mass is 79.9. The fraction of sp³-hybridized carbons (Fsp3) is 0.250. The molecular formula is C12H12BrClN2. The van der Waals surface area contributed by atoms with Crippen LogP contribution < -0.4 is 0 Å². The fourth-order valence-electron chi connectivity index (χ4n) is 1.57. The van der Waals surface area contributed by atoms with Gasteiger partial charge in [0.25, 0.3) is 0 Å². The van der Waals surface area contributed by atoms with Gasteiger partial charge in [-0.05, 0) is 40.5 Å². The highest BCUT2D eigenvalue weighted by Crippen LogP contribution is 2.24. The summed E-state index contributed by atoms with van der Waals surface area (Å²) in [4.78, 5) is 0. The van der Waals surface area contributed by atoms with E-state index in [0.717, 1.165) is 28.7 Å². The van der Waals surface area contributed by atoms with E-state index in [4.69, 9.17) is 11.6 Å². The molecule has 0 aliphatic rings. The molecule has 2 aromatic rings. The summed E-state index contributed by atoms with van der Waals surface area (Å²) in [5, 5.41) is 5.13. The van der Waals surface area contributed by atoms with Gasteiger partial charge >= 0.3 is 0 Å². The van der Waals surface area contributed by atoms with Crippen LogP contribution in [0.5, 0.6) is 0 Å². The van der Waals surface area contributed by atoms with Gasteiger partial charge in [-0.15, -0.1) is 0 Å². The zero-order valence-corrected chi connectivity index (χ0v) is 11.3. The number of nitrogens with zero attached hydrogens (tertiary/aromatic N) is 2. The van der Waals surface area contributed by atoms with Crippen LogP contribution >= 0.6 is 27.5 Å². The first kappa shape index (κ1) is 11.7. The molecular weight excluding hydrogens is 288 g/mol. The molecule has 0 atom stereocenters. The van der Waals surface area contributed by atoms with Crippen LogP contribution in [0.1, 0.15) is 19.0 Å². The number of para-hydroxylation sites is 1. The molecule has 0 spiro atoms. The third kappa shape index (κ3) is 2.30. The second-order valence-corrected chi connectivity index (χ2v) is 4.81. The predicted octanol–water partition coefficient (Wildman–Crippen LogP) is 4.24. The third-order valence-corrected chi connectivity index (χ3v) is 3.24. The highest BCUT2D eigenvalue weighted by molar-refractivity contribution is 9.10. The van der Waals surface area contributed by atoms with Gasteiger partial charge < -0.3 is 0 Å². The molecule has 1 aromatic carbocycles. The molecule has 0 amide bonds. The summed E-state index contributed by atoms with van der Waals surface area (Å²) < 4.78 is 2.75. The third-order valence-electron chi connectivity index (χ3n) is 2.30. The lowest BCUT2D eigenvalue weighted by molar-refractivity contribution is 0.805. The van der Waals surface area contributed by atoms with Crippen molar-refractivity contribution >= 4 is 27.5 Å². The van der Waals surface area contributed by atoms with Gasteiger partial charge in [-0.1, -0.05) is 37.1 Å². The van der Waals surface area contributed by atoms with Crippen LogP contribution in [0.4, 0.5) is 0 Å². The van der Waals surface area contributed by atoms with Crippen molar-refractivity contribution in [1.82, 2.24) is 9.78 Å². The molecule has 0 aliphatic carbocycles. The molecule has 0 radical (unpaired) electrons. The normalized spacial score (nSPS) is 10.7. The monoisotopic (exact) mass is 298 g/mol. The van der Waals surface area contributed by atoms with Crippen LogP contribution in [-0.2, 0) is 6.42 Å². The number of hydrogen-bond acceptors (Lipinski definition) is 1.